The van der Waals surface area contributed by atoms with Gasteiger partial charge in [0.2, 0.25) is 0 Å². The summed E-state index contributed by atoms with van der Waals surface area (Å²) in [6.07, 6.45) is 5.61. The molecule has 100 valence electrons. The van der Waals surface area contributed by atoms with Gasteiger partial charge in [0.05, 0.1) is 13.7 Å². The summed E-state index contributed by atoms with van der Waals surface area (Å²) < 4.78 is 6.57. The molecule has 2 aromatic heterocycles. The minimum absolute atomic E-state index is 0.392. The minimum atomic E-state index is -0.392. The van der Waals surface area contributed by atoms with Crippen LogP contribution in [0.1, 0.15) is 35.4 Å². The number of carbonyl (C=O) groups is 1. The molecule has 0 aliphatic heterocycles. The summed E-state index contributed by atoms with van der Waals surface area (Å²) in [4.78, 5) is 11.6. The van der Waals surface area contributed by atoms with Crippen LogP contribution in [0.4, 0.5) is 0 Å². The van der Waals surface area contributed by atoms with Crippen molar-refractivity contribution in [2.24, 2.45) is 0 Å². The monoisotopic (exact) mass is 260 g/mol. The lowest BCUT2D eigenvalue weighted by atomic mass is 9.93. The molecule has 0 aromatic carbocycles. The minimum Gasteiger partial charge on any atom is -0.465 e. The maximum Gasteiger partial charge on any atom is 0.341 e. The van der Waals surface area contributed by atoms with Gasteiger partial charge in [0.25, 0.3) is 0 Å². The smallest absolute Gasteiger partial charge is 0.341 e. The van der Waals surface area contributed by atoms with Crippen LogP contribution in [-0.4, -0.2) is 33.7 Å². The first kappa shape index (κ1) is 12.1. The number of nitrogens with zero attached hydrogens (tertiary/aromatic N) is 3. The highest BCUT2D eigenvalue weighted by Crippen LogP contribution is 2.18. The molecule has 0 spiro atoms. The van der Waals surface area contributed by atoms with Gasteiger partial charge in [-0.15, -0.1) is 10.2 Å². The van der Waals surface area contributed by atoms with E-state index in [1.54, 1.807) is 12.1 Å². The molecule has 0 amide bonds. The molecule has 6 heteroatoms. The van der Waals surface area contributed by atoms with E-state index < -0.39 is 5.97 Å². The van der Waals surface area contributed by atoms with Gasteiger partial charge in [-0.2, -0.15) is 0 Å². The van der Waals surface area contributed by atoms with E-state index in [0.717, 1.165) is 5.82 Å². The van der Waals surface area contributed by atoms with Crippen molar-refractivity contribution in [1.82, 2.24) is 19.9 Å². The quantitative estimate of drug-likeness (QED) is 0.835. The number of hydrogen-bond acceptors (Lipinski definition) is 5. The molecule has 6 nitrogen and oxygen atoms in total. The fourth-order valence-corrected chi connectivity index (χ4v) is 2.20. The third-order valence-corrected chi connectivity index (χ3v) is 3.56. The van der Waals surface area contributed by atoms with E-state index in [2.05, 4.69) is 15.5 Å². The summed E-state index contributed by atoms with van der Waals surface area (Å²) in [5, 5.41) is 11.7. The number of pyridine rings is 1. The molecule has 0 atom stereocenters. The Hall–Kier alpha value is -1.95. The van der Waals surface area contributed by atoms with Crippen molar-refractivity contribution >= 4 is 11.6 Å². The van der Waals surface area contributed by atoms with Crippen LogP contribution in [0.25, 0.3) is 5.65 Å². The molecular weight excluding hydrogens is 244 g/mol. The van der Waals surface area contributed by atoms with Gasteiger partial charge >= 0.3 is 5.97 Å². The second-order valence-electron chi connectivity index (χ2n) is 4.73. The Morgan fingerprint density at radius 3 is 3.05 bits per heavy atom. The lowest BCUT2D eigenvalue weighted by Crippen LogP contribution is -2.35. The van der Waals surface area contributed by atoms with E-state index in [4.69, 9.17) is 4.74 Å². The fraction of sp³-hybridized carbons (Fsp3) is 0.462. The molecular formula is C13H16N4O2. The average molecular weight is 260 g/mol. The summed E-state index contributed by atoms with van der Waals surface area (Å²) in [6.45, 7) is 0.663. The summed E-state index contributed by atoms with van der Waals surface area (Å²) in [5.74, 6) is 0.421. The standard InChI is InChI=1S/C13H16N4O2/c1-19-13(18)10-6-3-7-17-11(15-16-12(10)17)8-14-9-4-2-5-9/h3,6-7,9,14H,2,4-5,8H2,1H3. The van der Waals surface area contributed by atoms with Gasteiger partial charge < -0.3 is 10.1 Å². The van der Waals surface area contributed by atoms with Crippen molar-refractivity contribution in [3.05, 3.63) is 29.7 Å². The van der Waals surface area contributed by atoms with Crippen molar-refractivity contribution in [3.63, 3.8) is 0 Å². The van der Waals surface area contributed by atoms with Gasteiger partial charge in [-0.05, 0) is 25.0 Å². The molecule has 0 saturated heterocycles. The second kappa shape index (κ2) is 4.97. The molecule has 2 aromatic rings. The third-order valence-electron chi connectivity index (χ3n) is 3.56. The van der Waals surface area contributed by atoms with Gasteiger partial charge in [0, 0.05) is 12.2 Å². The molecule has 0 radical (unpaired) electrons. The van der Waals surface area contributed by atoms with E-state index in [1.807, 2.05) is 10.6 Å². The van der Waals surface area contributed by atoms with E-state index in [1.165, 1.54) is 26.4 Å². The summed E-state index contributed by atoms with van der Waals surface area (Å²) in [7, 11) is 1.36. The Morgan fingerprint density at radius 1 is 1.53 bits per heavy atom. The van der Waals surface area contributed by atoms with Crippen LogP contribution in [0, 0.1) is 0 Å². The summed E-state index contributed by atoms with van der Waals surface area (Å²) in [6, 6.07) is 4.09. The topological polar surface area (TPSA) is 68.5 Å². The number of aromatic nitrogens is 3. The molecule has 3 rings (SSSR count). The predicted octanol–water partition coefficient (Wildman–Crippen LogP) is 1.16. The van der Waals surface area contributed by atoms with Crippen molar-refractivity contribution in [2.45, 2.75) is 31.8 Å². The molecule has 1 saturated carbocycles. The van der Waals surface area contributed by atoms with Crippen molar-refractivity contribution in [1.29, 1.82) is 0 Å². The lowest BCUT2D eigenvalue weighted by molar-refractivity contribution is 0.0602. The molecule has 1 fully saturated rings. The van der Waals surface area contributed by atoms with Gasteiger partial charge in [0.15, 0.2) is 11.5 Å². The zero-order chi connectivity index (χ0) is 13.2. The fourth-order valence-electron chi connectivity index (χ4n) is 2.20. The summed E-state index contributed by atoms with van der Waals surface area (Å²) >= 11 is 0. The van der Waals surface area contributed by atoms with Crippen molar-refractivity contribution < 1.29 is 9.53 Å². The number of nitrogens with one attached hydrogen (secondary N) is 1. The van der Waals surface area contributed by atoms with Gasteiger partial charge in [-0.3, -0.25) is 4.40 Å². The molecule has 19 heavy (non-hydrogen) atoms. The Labute approximate surface area is 110 Å². The van der Waals surface area contributed by atoms with Crippen LogP contribution in [0.5, 0.6) is 0 Å². The van der Waals surface area contributed by atoms with Gasteiger partial charge in [0.1, 0.15) is 5.56 Å². The molecule has 1 aliphatic carbocycles. The van der Waals surface area contributed by atoms with Crippen LogP contribution in [-0.2, 0) is 11.3 Å². The van der Waals surface area contributed by atoms with E-state index in [9.17, 15) is 4.79 Å². The number of methoxy groups -OCH3 is 1. The van der Waals surface area contributed by atoms with Crippen LogP contribution in [0.15, 0.2) is 18.3 Å². The summed E-state index contributed by atoms with van der Waals surface area (Å²) in [5.41, 5.74) is 0.979. The third kappa shape index (κ3) is 2.19. The molecule has 1 N–H and O–H groups in total. The molecule has 0 unspecified atom stereocenters. The van der Waals surface area contributed by atoms with Crippen LogP contribution in [0.3, 0.4) is 0 Å². The van der Waals surface area contributed by atoms with Crippen LogP contribution in [0.2, 0.25) is 0 Å². The van der Waals surface area contributed by atoms with Gasteiger partial charge in [-0.1, -0.05) is 6.42 Å². The first-order valence-corrected chi connectivity index (χ1v) is 6.44. The first-order valence-electron chi connectivity index (χ1n) is 6.44. The molecule has 0 bridgehead atoms. The highest BCUT2D eigenvalue weighted by Gasteiger charge is 2.19. The normalized spacial score (nSPS) is 15.4. The first-order chi connectivity index (χ1) is 9.29. The largest absolute Gasteiger partial charge is 0.465 e. The molecule has 2 heterocycles. The Bertz CT molecular complexity index is 604. The highest BCUT2D eigenvalue weighted by atomic mass is 16.5. The van der Waals surface area contributed by atoms with Crippen LogP contribution >= 0.6 is 0 Å². The number of rotatable bonds is 4. The SMILES string of the molecule is COC(=O)c1cccn2c(CNC3CCC3)nnc12. The highest BCUT2D eigenvalue weighted by molar-refractivity contribution is 5.95. The Morgan fingerprint density at radius 2 is 2.37 bits per heavy atom. The number of fused-ring (bicyclic) bond motifs is 1. The maximum absolute atomic E-state index is 11.6. The Balaban J connectivity index is 1.87. The number of hydrogen-bond donors (Lipinski definition) is 1. The van der Waals surface area contributed by atoms with E-state index >= 15 is 0 Å². The predicted molar refractivity (Wildman–Crippen MR) is 68.8 cm³/mol. The van der Waals surface area contributed by atoms with Crippen molar-refractivity contribution in [2.75, 3.05) is 7.11 Å². The maximum atomic E-state index is 11.6. The number of esters is 1. The van der Waals surface area contributed by atoms with E-state index in [0.29, 0.717) is 23.8 Å². The number of ether oxygens (including phenoxy) is 1. The zero-order valence-electron chi connectivity index (χ0n) is 10.8. The van der Waals surface area contributed by atoms with Gasteiger partial charge in [-0.25, -0.2) is 4.79 Å². The second-order valence-corrected chi connectivity index (χ2v) is 4.73. The average Bonchev–Trinajstić information content (AvgIpc) is 2.79. The van der Waals surface area contributed by atoms with E-state index in [-0.39, 0.29) is 0 Å². The van der Waals surface area contributed by atoms with Crippen LogP contribution < -0.4 is 5.32 Å². The Kier molecular flexibility index (Phi) is 3.16. The number of carbonyl (C=O) groups excluding carboxylic acids is 1. The zero-order valence-corrected chi connectivity index (χ0v) is 10.8. The molecule has 1 aliphatic rings. The lowest BCUT2D eigenvalue weighted by Gasteiger charge is -2.26. The van der Waals surface area contributed by atoms with Crippen molar-refractivity contribution in [3.8, 4) is 0 Å².